The van der Waals surface area contributed by atoms with Crippen LogP contribution in [0.3, 0.4) is 0 Å². The number of hydrogen-bond acceptors (Lipinski definition) is 2. The zero-order chi connectivity index (χ0) is 15.6. The maximum Gasteiger partial charge on any atom is 0.195 e. The first-order valence-corrected chi connectivity index (χ1v) is 6.65. The Morgan fingerprint density at radius 2 is 1.67 bits per heavy atom. The monoisotopic (exact) mass is 290 g/mol. The third kappa shape index (κ3) is 3.45. The van der Waals surface area contributed by atoms with Crippen molar-refractivity contribution in [1.82, 2.24) is 0 Å². The minimum Gasteiger partial charge on any atom is -0.491 e. The summed E-state index contributed by atoms with van der Waals surface area (Å²) in [5.41, 5.74) is 0.432. The smallest absolute Gasteiger partial charge is 0.195 e. The maximum atomic E-state index is 13.7. The second-order valence-corrected chi connectivity index (χ2v) is 5.10. The van der Waals surface area contributed by atoms with Gasteiger partial charge in [-0.3, -0.25) is 4.79 Å². The van der Waals surface area contributed by atoms with E-state index in [1.165, 1.54) is 13.0 Å². The number of carbonyl (C=O) groups is 1. The van der Waals surface area contributed by atoms with Crippen LogP contribution in [0.25, 0.3) is 0 Å². The molecule has 0 aromatic heterocycles. The number of ketones is 1. The Balaban J connectivity index is 2.30. The minimum atomic E-state index is -0.856. The van der Waals surface area contributed by atoms with Crippen LogP contribution >= 0.6 is 0 Å². The number of halogens is 2. The molecule has 0 heterocycles. The van der Waals surface area contributed by atoms with Gasteiger partial charge in [-0.15, -0.1) is 0 Å². The summed E-state index contributed by atoms with van der Waals surface area (Å²) in [6, 6.07) is 8.41. The molecule has 2 aromatic rings. The number of hydrogen-bond donors (Lipinski definition) is 0. The number of rotatable bonds is 4. The van der Waals surface area contributed by atoms with Crippen molar-refractivity contribution in [1.29, 1.82) is 0 Å². The van der Waals surface area contributed by atoms with Crippen LogP contribution in [0.1, 0.15) is 35.3 Å². The molecule has 0 aliphatic rings. The molecule has 0 atom stereocenters. The summed E-state index contributed by atoms with van der Waals surface area (Å²) in [5, 5.41) is 0. The van der Waals surface area contributed by atoms with Gasteiger partial charge >= 0.3 is 0 Å². The predicted octanol–water partition coefficient (Wildman–Crippen LogP) is 4.29. The Bertz CT molecular complexity index is 661. The summed E-state index contributed by atoms with van der Waals surface area (Å²) in [6.45, 7) is 5.29. The average Bonchev–Trinajstić information content (AvgIpc) is 2.42. The molecule has 0 fully saturated rings. The molecule has 0 bridgehead atoms. The van der Waals surface area contributed by atoms with Gasteiger partial charge in [-0.25, -0.2) is 8.78 Å². The van der Waals surface area contributed by atoms with Crippen LogP contribution in [0.2, 0.25) is 0 Å². The van der Waals surface area contributed by atoms with E-state index in [1.807, 2.05) is 13.8 Å². The van der Waals surface area contributed by atoms with Crippen molar-refractivity contribution in [2.45, 2.75) is 26.9 Å². The summed E-state index contributed by atoms with van der Waals surface area (Å²) < 4.78 is 32.4. The Hall–Kier alpha value is -2.23. The van der Waals surface area contributed by atoms with Gasteiger partial charge in [-0.05, 0) is 56.7 Å². The lowest BCUT2D eigenvalue weighted by Gasteiger charge is -2.10. The molecule has 0 aliphatic carbocycles. The molecule has 4 heteroatoms. The Kier molecular flexibility index (Phi) is 4.36. The van der Waals surface area contributed by atoms with Crippen molar-refractivity contribution in [3.8, 4) is 5.75 Å². The van der Waals surface area contributed by atoms with E-state index in [4.69, 9.17) is 4.74 Å². The molecule has 0 unspecified atom stereocenters. The van der Waals surface area contributed by atoms with Crippen molar-refractivity contribution >= 4 is 5.78 Å². The van der Waals surface area contributed by atoms with Crippen molar-refractivity contribution in [2.24, 2.45) is 0 Å². The van der Waals surface area contributed by atoms with E-state index in [2.05, 4.69) is 0 Å². The average molecular weight is 290 g/mol. The zero-order valence-electron chi connectivity index (χ0n) is 12.1. The molecule has 2 aromatic carbocycles. The van der Waals surface area contributed by atoms with Gasteiger partial charge in [-0.2, -0.15) is 0 Å². The summed E-state index contributed by atoms with van der Waals surface area (Å²) in [5.74, 6) is -1.36. The standard InChI is InChI=1S/C17H16F2O2/c1-10(2)21-13-6-4-12(5-7-13)17(20)14-8-11(3)15(18)9-16(14)19/h4-10H,1-3H3. The molecule has 0 spiro atoms. The molecule has 0 radical (unpaired) electrons. The van der Waals surface area contributed by atoms with Crippen LogP contribution in [0.5, 0.6) is 5.75 Å². The summed E-state index contributed by atoms with van der Waals surface area (Å²) >= 11 is 0. The van der Waals surface area contributed by atoms with Crippen LogP contribution < -0.4 is 4.74 Å². The quantitative estimate of drug-likeness (QED) is 0.785. The first-order chi connectivity index (χ1) is 9.88. The van der Waals surface area contributed by atoms with E-state index in [1.54, 1.807) is 24.3 Å². The molecule has 21 heavy (non-hydrogen) atoms. The van der Waals surface area contributed by atoms with Crippen LogP contribution in [0.4, 0.5) is 8.78 Å². The van der Waals surface area contributed by atoms with Crippen LogP contribution in [-0.4, -0.2) is 11.9 Å². The van der Waals surface area contributed by atoms with Gasteiger partial charge in [-0.1, -0.05) is 0 Å². The zero-order valence-corrected chi connectivity index (χ0v) is 12.1. The SMILES string of the molecule is Cc1cc(C(=O)c2ccc(OC(C)C)cc2)c(F)cc1F. The summed E-state index contributed by atoms with van der Waals surface area (Å²) in [4.78, 5) is 12.3. The molecule has 2 rings (SSSR count). The van der Waals surface area contributed by atoms with E-state index < -0.39 is 17.4 Å². The first-order valence-electron chi connectivity index (χ1n) is 6.65. The van der Waals surface area contributed by atoms with Crippen molar-refractivity contribution in [3.05, 3.63) is 64.7 Å². The van der Waals surface area contributed by atoms with Crippen molar-refractivity contribution in [3.63, 3.8) is 0 Å². The predicted molar refractivity (Wildman–Crippen MR) is 76.7 cm³/mol. The second kappa shape index (κ2) is 6.04. The third-order valence-electron chi connectivity index (χ3n) is 2.98. The van der Waals surface area contributed by atoms with E-state index >= 15 is 0 Å². The fourth-order valence-corrected chi connectivity index (χ4v) is 1.94. The van der Waals surface area contributed by atoms with Crippen molar-refractivity contribution < 1.29 is 18.3 Å². The Labute approximate surface area is 122 Å². The van der Waals surface area contributed by atoms with E-state index in [0.717, 1.165) is 6.07 Å². The lowest BCUT2D eigenvalue weighted by molar-refractivity contribution is 0.103. The third-order valence-corrected chi connectivity index (χ3v) is 2.98. The van der Waals surface area contributed by atoms with Gasteiger partial charge in [0.1, 0.15) is 17.4 Å². The minimum absolute atomic E-state index is 0.0312. The molecule has 110 valence electrons. The van der Waals surface area contributed by atoms with Crippen LogP contribution in [0.15, 0.2) is 36.4 Å². The first kappa shape index (κ1) is 15.2. The molecule has 0 aliphatic heterocycles. The lowest BCUT2D eigenvalue weighted by Crippen LogP contribution is -2.07. The summed E-state index contributed by atoms with van der Waals surface area (Å²) in [6.07, 6.45) is 0.0312. The topological polar surface area (TPSA) is 26.3 Å². The normalized spacial score (nSPS) is 10.8. The molecular weight excluding hydrogens is 274 g/mol. The van der Waals surface area contributed by atoms with Crippen molar-refractivity contribution in [2.75, 3.05) is 0 Å². The largest absolute Gasteiger partial charge is 0.491 e. The Morgan fingerprint density at radius 1 is 1.05 bits per heavy atom. The highest BCUT2D eigenvalue weighted by Crippen LogP contribution is 2.20. The highest BCUT2D eigenvalue weighted by Gasteiger charge is 2.16. The fraction of sp³-hybridized carbons (Fsp3) is 0.235. The van der Waals surface area contributed by atoms with Gasteiger partial charge in [0.2, 0.25) is 0 Å². The molecule has 0 amide bonds. The van der Waals surface area contributed by atoms with Crippen LogP contribution in [0, 0.1) is 18.6 Å². The molecule has 2 nitrogen and oxygen atoms in total. The van der Waals surface area contributed by atoms with E-state index in [0.29, 0.717) is 11.3 Å². The molecular formula is C17H16F2O2. The van der Waals surface area contributed by atoms with Gasteiger partial charge in [0.05, 0.1) is 11.7 Å². The van der Waals surface area contributed by atoms with E-state index in [-0.39, 0.29) is 17.2 Å². The second-order valence-electron chi connectivity index (χ2n) is 5.10. The highest BCUT2D eigenvalue weighted by atomic mass is 19.1. The Morgan fingerprint density at radius 3 is 2.24 bits per heavy atom. The number of carbonyl (C=O) groups excluding carboxylic acids is 1. The highest BCUT2D eigenvalue weighted by molar-refractivity contribution is 6.09. The number of benzene rings is 2. The summed E-state index contributed by atoms with van der Waals surface area (Å²) in [7, 11) is 0. The van der Waals surface area contributed by atoms with Crippen LogP contribution in [-0.2, 0) is 0 Å². The maximum absolute atomic E-state index is 13.7. The van der Waals surface area contributed by atoms with Gasteiger partial charge in [0, 0.05) is 11.6 Å². The number of aryl methyl sites for hydroxylation is 1. The molecule has 0 saturated carbocycles. The number of ether oxygens (including phenoxy) is 1. The fourth-order valence-electron chi connectivity index (χ4n) is 1.94. The van der Waals surface area contributed by atoms with E-state index in [9.17, 15) is 13.6 Å². The molecule has 0 N–H and O–H groups in total. The molecule has 0 saturated heterocycles. The van der Waals surface area contributed by atoms with Gasteiger partial charge < -0.3 is 4.74 Å². The lowest BCUT2D eigenvalue weighted by atomic mass is 10.0. The van der Waals surface area contributed by atoms with Gasteiger partial charge in [0.15, 0.2) is 5.78 Å². The van der Waals surface area contributed by atoms with Gasteiger partial charge in [0.25, 0.3) is 0 Å².